The van der Waals surface area contributed by atoms with Crippen molar-refractivity contribution in [3.63, 3.8) is 0 Å². The highest BCUT2D eigenvalue weighted by molar-refractivity contribution is 6.03. The van der Waals surface area contributed by atoms with Crippen molar-refractivity contribution >= 4 is 22.5 Å². The Hall–Kier alpha value is -2.63. The molecule has 1 aliphatic rings. The molecule has 1 fully saturated rings. The number of carbonyl (C=O) groups excluding carboxylic acids is 1. The van der Waals surface area contributed by atoms with Crippen molar-refractivity contribution in [2.24, 2.45) is 0 Å². The molecule has 0 bridgehead atoms. The Labute approximate surface area is 114 Å². The summed E-state index contributed by atoms with van der Waals surface area (Å²) in [4.78, 5) is 12.1. The van der Waals surface area contributed by atoms with Crippen LogP contribution in [0.1, 0.15) is 35.0 Å². The fraction of sp³-hybridized carbons (Fsp3) is 0.214. The summed E-state index contributed by atoms with van der Waals surface area (Å²) in [5, 5.41) is 14.4. The monoisotopic (exact) mass is 268 g/mol. The van der Waals surface area contributed by atoms with Crippen LogP contribution in [0.3, 0.4) is 0 Å². The van der Waals surface area contributed by atoms with Crippen LogP contribution >= 0.6 is 0 Å². The molecule has 1 saturated carbocycles. The van der Waals surface area contributed by atoms with E-state index in [9.17, 15) is 4.79 Å². The van der Waals surface area contributed by atoms with E-state index in [4.69, 9.17) is 4.52 Å². The van der Waals surface area contributed by atoms with Gasteiger partial charge in [0.25, 0.3) is 5.91 Å². The summed E-state index contributed by atoms with van der Waals surface area (Å²) in [6.45, 7) is 0. The first-order valence-corrected chi connectivity index (χ1v) is 6.51. The van der Waals surface area contributed by atoms with Crippen LogP contribution in [0.5, 0.6) is 0 Å². The van der Waals surface area contributed by atoms with Crippen molar-refractivity contribution in [2.45, 2.75) is 18.8 Å². The molecule has 6 heteroatoms. The maximum absolute atomic E-state index is 12.1. The van der Waals surface area contributed by atoms with E-state index in [1.807, 2.05) is 18.2 Å². The van der Waals surface area contributed by atoms with Gasteiger partial charge in [-0.05, 0) is 31.0 Å². The number of aromatic amines is 1. The van der Waals surface area contributed by atoms with Crippen molar-refractivity contribution in [3.8, 4) is 0 Å². The highest BCUT2D eigenvalue weighted by Crippen LogP contribution is 2.40. The van der Waals surface area contributed by atoms with E-state index in [0.717, 1.165) is 29.5 Å². The molecule has 0 aliphatic heterocycles. The molecule has 2 heterocycles. The van der Waals surface area contributed by atoms with E-state index in [0.29, 0.717) is 17.3 Å². The standard InChI is InChI=1S/C14H12N4O2/c19-14(12-6-13(20-18-12)8-1-2-8)16-10-4-3-9-7-15-17-11(9)5-10/h3-8H,1-2H2,(H,15,17)(H,16,19). The minimum absolute atomic E-state index is 0.264. The molecule has 0 spiro atoms. The molecule has 100 valence electrons. The van der Waals surface area contributed by atoms with Gasteiger partial charge in [-0.3, -0.25) is 9.89 Å². The molecule has 20 heavy (non-hydrogen) atoms. The summed E-state index contributed by atoms with van der Waals surface area (Å²) in [6.07, 6.45) is 3.97. The summed E-state index contributed by atoms with van der Waals surface area (Å²) >= 11 is 0. The maximum Gasteiger partial charge on any atom is 0.277 e. The van der Waals surface area contributed by atoms with E-state index in [1.54, 1.807) is 12.3 Å². The van der Waals surface area contributed by atoms with E-state index < -0.39 is 0 Å². The average Bonchev–Trinajstić information content (AvgIpc) is 3.01. The Kier molecular flexibility index (Phi) is 2.35. The molecule has 4 rings (SSSR count). The van der Waals surface area contributed by atoms with Gasteiger partial charge in [-0.25, -0.2) is 0 Å². The number of amides is 1. The lowest BCUT2D eigenvalue weighted by Crippen LogP contribution is -2.12. The number of anilines is 1. The lowest BCUT2D eigenvalue weighted by Gasteiger charge is -2.02. The molecule has 1 aliphatic carbocycles. The zero-order valence-electron chi connectivity index (χ0n) is 10.6. The highest BCUT2D eigenvalue weighted by atomic mass is 16.5. The largest absolute Gasteiger partial charge is 0.360 e. The maximum atomic E-state index is 12.1. The average molecular weight is 268 g/mol. The van der Waals surface area contributed by atoms with Crippen molar-refractivity contribution < 1.29 is 9.32 Å². The molecule has 6 nitrogen and oxygen atoms in total. The van der Waals surface area contributed by atoms with Crippen LogP contribution in [0.25, 0.3) is 10.9 Å². The first-order valence-electron chi connectivity index (χ1n) is 6.51. The second kappa shape index (κ2) is 4.19. The normalized spacial score (nSPS) is 14.6. The number of aromatic nitrogens is 3. The predicted molar refractivity (Wildman–Crippen MR) is 72.5 cm³/mol. The van der Waals surface area contributed by atoms with Gasteiger partial charge in [0.2, 0.25) is 0 Å². The second-order valence-corrected chi connectivity index (χ2v) is 5.01. The third kappa shape index (κ3) is 1.95. The van der Waals surface area contributed by atoms with Gasteiger partial charge < -0.3 is 9.84 Å². The Morgan fingerprint density at radius 1 is 1.35 bits per heavy atom. The van der Waals surface area contributed by atoms with Crippen LogP contribution in [0, 0.1) is 0 Å². The Balaban J connectivity index is 1.55. The van der Waals surface area contributed by atoms with Crippen molar-refractivity contribution in [1.29, 1.82) is 0 Å². The number of carbonyl (C=O) groups is 1. The first kappa shape index (κ1) is 11.2. The third-order valence-corrected chi connectivity index (χ3v) is 3.44. The number of H-pyrrole nitrogens is 1. The molecule has 0 saturated heterocycles. The zero-order valence-corrected chi connectivity index (χ0v) is 10.6. The van der Waals surface area contributed by atoms with Gasteiger partial charge in [-0.15, -0.1) is 0 Å². The smallest absolute Gasteiger partial charge is 0.277 e. The van der Waals surface area contributed by atoms with Crippen LogP contribution in [-0.4, -0.2) is 21.3 Å². The molecule has 2 N–H and O–H groups in total. The summed E-state index contributed by atoms with van der Waals surface area (Å²) in [7, 11) is 0. The second-order valence-electron chi connectivity index (χ2n) is 5.01. The summed E-state index contributed by atoms with van der Waals surface area (Å²) in [5.41, 5.74) is 1.89. The van der Waals surface area contributed by atoms with Crippen LogP contribution in [-0.2, 0) is 0 Å². The highest BCUT2D eigenvalue weighted by Gasteiger charge is 2.28. The van der Waals surface area contributed by atoms with Gasteiger partial charge in [-0.1, -0.05) is 5.16 Å². The fourth-order valence-electron chi connectivity index (χ4n) is 2.17. The van der Waals surface area contributed by atoms with Crippen molar-refractivity contribution in [3.05, 3.63) is 41.9 Å². The summed E-state index contributed by atoms with van der Waals surface area (Å²) in [5.74, 6) is 0.990. The minimum Gasteiger partial charge on any atom is -0.360 e. The van der Waals surface area contributed by atoms with E-state index in [2.05, 4.69) is 20.7 Å². The van der Waals surface area contributed by atoms with Gasteiger partial charge in [0.05, 0.1) is 11.7 Å². The molecule has 0 radical (unpaired) electrons. The predicted octanol–water partition coefficient (Wildman–Crippen LogP) is 2.68. The first-order chi connectivity index (χ1) is 9.79. The quantitative estimate of drug-likeness (QED) is 0.764. The van der Waals surface area contributed by atoms with Gasteiger partial charge in [0.1, 0.15) is 5.76 Å². The van der Waals surface area contributed by atoms with Crippen LogP contribution in [0.15, 0.2) is 35.0 Å². The topological polar surface area (TPSA) is 83.8 Å². The van der Waals surface area contributed by atoms with E-state index in [1.165, 1.54) is 0 Å². The van der Waals surface area contributed by atoms with Crippen LogP contribution in [0.4, 0.5) is 5.69 Å². The number of rotatable bonds is 3. The van der Waals surface area contributed by atoms with Gasteiger partial charge in [0, 0.05) is 23.1 Å². The number of nitrogens with zero attached hydrogens (tertiary/aromatic N) is 2. The molecule has 0 unspecified atom stereocenters. The summed E-state index contributed by atoms with van der Waals surface area (Å²) < 4.78 is 5.18. The van der Waals surface area contributed by atoms with E-state index >= 15 is 0 Å². The number of fused-ring (bicyclic) bond motifs is 1. The molecular weight excluding hydrogens is 256 g/mol. The zero-order chi connectivity index (χ0) is 13.5. The van der Waals surface area contributed by atoms with Crippen molar-refractivity contribution in [1.82, 2.24) is 15.4 Å². The van der Waals surface area contributed by atoms with E-state index in [-0.39, 0.29) is 5.91 Å². The molecule has 3 aromatic rings. The van der Waals surface area contributed by atoms with Gasteiger partial charge in [0.15, 0.2) is 5.69 Å². The summed E-state index contributed by atoms with van der Waals surface area (Å²) in [6, 6.07) is 7.29. The SMILES string of the molecule is O=C(Nc1ccc2cn[nH]c2c1)c1cc(C2CC2)on1. The Morgan fingerprint density at radius 2 is 2.25 bits per heavy atom. The Morgan fingerprint density at radius 3 is 3.10 bits per heavy atom. The number of hydrogen-bond donors (Lipinski definition) is 2. The lowest BCUT2D eigenvalue weighted by molar-refractivity contribution is 0.101. The molecule has 2 aromatic heterocycles. The lowest BCUT2D eigenvalue weighted by atomic mass is 10.2. The Bertz CT molecular complexity index is 785. The molecule has 1 aromatic carbocycles. The third-order valence-electron chi connectivity index (χ3n) is 3.44. The fourth-order valence-corrected chi connectivity index (χ4v) is 2.17. The van der Waals surface area contributed by atoms with Crippen molar-refractivity contribution in [2.75, 3.05) is 5.32 Å². The molecule has 1 amide bonds. The minimum atomic E-state index is -0.264. The van der Waals surface area contributed by atoms with Crippen LogP contribution in [0.2, 0.25) is 0 Å². The van der Waals surface area contributed by atoms with Gasteiger partial charge >= 0.3 is 0 Å². The van der Waals surface area contributed by atoms with Crippen LogP contribution < -0.4 is 5.32 Å². The number of benzene rings is 1. The number of hydrogen-bond acceptors (Lipinski definition) is 4. The molecular formula is C14H12N4O2. The number of nitrogens with one attached hydrogen (secondary N) is 2. The molecule has 0 atom stereocenters. The van der Waals surface area contributed by atoms with Gasteiger partial charge in [-0.2, -0.15) is 5.10 Å².